The fourth-order valence-electron chi connectivity index (χ4n) is 6.45. The molecule has 0 radical (unpaired) electrons. The Morgan fingerprint density at radius 2 is 1.64 bits per heavy atom. The second-order valence-electron chi connectivity index (χ2n) is 11.4. The van der Waals surface area contributed by atoms with Gasteiger partial charge in [-0.2, -0.15) is 0 Å². The average Bonchev–Trinajstić information content (AvgIpc) is 3.02. The summed E-state index contributed by atoms with van der Waals surface area (Å²) in [5, 5.41) is 21.5. The highest BCUT2D eigenvalue weighted by Gasteiger charge is 2.56. The first-order valence-electron chi connectivity index (χ1n) is 12.5. The minimum absolute atomic E-state index is 0.0243. The molecule has 4 fully saturated rings. The van der Waals surface area contributed by atoms with Gasteiger partial charge < -0.3 is 24.7 Å². The quantitative estimate of drug-likeness (QED) is 0.658. The standard InChI is InChI=1S/C26H39N3O4/c1-27(2)26(21-7-4-3-5-8-21)13-11-23(12-14-26)17-28(16-15-25(32)19-33-20-25)22(30)29(23)18-24(31)9-6-10-24/h3-5,7-8,31-32H,6,9-20H2,1-2H3. The third kappa shape index (κ3) is 3.97. The maximum atomic E-state index is 13.6. The molecule has 0 atom stereocenters. The molecule has 1 spiro atoms. The molecule has 4 aliphatic rings. The maximum Gasteiger partial charge on any atom is 0.320 e. The Bertz CT molecular complexity index is 858. The summed E-state index contributed by atoms with van der Waals surface area (Å²) < 4.78 is 5.18. The van der Waals surface area contributed by atoms with E-state index < -0.39 is 11.2 Å². The van der Waals surface area contributed by atoms with Gasteiger partial charge in [0.25, 0.3) is 0 Å². The predicted molar refractivity (Wildman–Crippen MR) is 126 cm³/mol. The molecule has 0 bridgehead atoms. The van der Waals surface area contributed by atoms with Crippen LogP contribution in [-0.4, -0.2) is 94.6 Å². The van der Waals surface area contributed by atoms with Gasteiger partial charge in [0.2, 0.25) is 0 Å². The van der Waals surface area contributed by atoms with E-state index in [4.69, 9.17) is 4.74 Å². The van der Waals surface area contributed by atoms with Crippen molar-refractivity contribution in [3.63, 3.8) is 0 Å². The number of benzene rings is 1. The number of carbonyl (C=O) groups excluding carboxylic acids is 1. The van der Waals surface area contributed by atoms with E-state index in [1.165, 1.54) is 5.56 Å². The number of amides is 2. The second kappa shape index (κ2) is 8.22. The Morgan fingerprint density at radius 1 is 0.970 bits per heavy atom. The maximum absolute atomic E-state index is 13.6. The number of hydrogen-bond acceptors (Lipinski definition) is 5. The monoisotopic (exact) mass is 457 g/mol. The molecule has 182 valence electrons. The molecule has 1 aromatic rings. The van der Waals surface area contributed by atoms with Gasteiger partial charge in [-0.25, -0.2) is 4.79 Å². The first-order chi connectivity index (χ1) is 15.7. The number of ether oxygens (including phenoxy) is 1. The molecule has 33 heavy (non-hydrogen) atoms. The molecule has 7 nitrogen and oxygen atoms in total. The molecule has 2 saturated carbocycles. The van der Waals surface area contributed by atoms with Gasteiger partial charge in [0.1, 0.15) is 5.60 Å². The van der Waals surface area contributed by atoms with Crippen molar-refractivity contribution < 1.29 is 19.7 Å². The molecule has 2 saturated heterocycles. The Kier molecular flexibility index (Phi) is 5.75. The van der Waals surface area contributed by atoms with E-state index in [9.17, 15) is 15.0 Å². The molecule has 0 unspecified atom stereocenters. The lowest BCUT2D eigenvalue weighted by molar-refractivity contribution is -0.182. The van der Waals surface area contributed by atoms with E-state index >= 15 is 0 Å². The van der Waals surface area contributed by atoms with Crippen LogP contribution < -0.4 is 0 Å². The Labute approximate surface area is 197 Å². The SMILES string of the molecule is CN(C)C1(c2ccccc2)CCC2(CC1)CN(CCC1(O)COC1)C(=O)N2CC1(O)CCC1. The van der Waals surface area contributed by atoms with Crippen LogP contribution in [0.5, 0.6) is 0 Å². The van der Waals surface area contributed by atoms with E-state index in [2.05, 4.69) is 49.3 Å². The topological polar surface area (TPSA) is 76.5 Å². The summed E-state index contributed by atoms with van der Waals surface area (Å²) in [5.41, 5.74) is -0.501. The van der Waals surface area contributed by atoms with Crippen LogP contribution in [0, 0.1) is 0 Å². The molecule has 2 aliphatic heterocycles. The lowest BCUT2D eigenvalue weighted by atomic mass is 9.67. The molecule has 1 aromatic carbocycles. The van der Waals surface area contributed by atoms with Crippen molar-refractivity contribution in [1.82, 2.24) is 14.7 Å². The summed E-state index contributed by atoms with van der Waals surface area (Å²) in [7, 11) is 4.32. The Hall–Kier alpha value is -1.67. The predicted octanol–water partition coefficient (Wildman–Crippen LogP) is 2.56. The van der Waals surface area contributed by atoms with Crippen molar-refractivity contribution in [3.05, 3.63) is 35.9 Å². The molecular formula is C26H39N3O4. The minimum atomic E-state index is -0.799. The summed E-state index contributed by atoms with van der Waals surface area (Å²) in [5.74, 6) is 0. The minimum Gasteiger partial charge on any atom is -0.388 e. The van der Waals surface area contributed by atoms with Crippen molar-refractivity contribution in [2.24, 2.45) is 0 Å². The third-order valence-electron chi connectivity index (χ3n) is 9.06. The van der Waals surface area contributed by atoms with E-state index in [-0.39, 0.29) is 17.1 Å². The number of β-amino-alcohol motifs (C(OH)–C–C–N with tert-alkyl or cyclic N) is 1. The van der Waals surface area contributed by atoms with Crippen LogP contribution in [0.3, 0.4) is 0 Å². The normalized spacial score (nSPS) is 32.8. The lowest BCUT2D eigenvalue weighted by Crippen LogP contribution is -2.59. The van der Waals surface area contributed by atoms with Gasteiger partial charge in [0.05, 0.1) is 30.9 Å². The summed E-state index contributed by atoms with van der Waals surface area (Å²) in [6, 6.07) is 10.8. The third-order valence-corrected chi connectivity index (χ3v) is 9.06. The Balaban J connectivity index is 1.37. The molecule has 2 N–H and O–H groups in total. The number of hydrogen-bond donors (Lipinski definition) is 2. The van der Waals surface area contributed by atoms with E-state index in [1.54, 1.807) is 0 Å². The molecule has 7 heteroatoms. The van der Waals surface area contributed by atoms with Gasteiger partial charge >= 0.3 is 6.03 Å². The van der Waals surface area contributed by atoms with E-state index in [1.807, 2.05) is 9.80 Å². The molecule has 0 aromatic heterocycles. The van der Waals surface area contributed by atoms with Gasteiger partial charge in [0.15, 0.2) is 0 Å². The fraction of sp³-hybridized carbons (Fsp3) is 0.731. The van der Waals surface area contributed by atoms with E-state index in [0.29, 0.717) is 39.3 Å². The molecule has 5 rings (SSSR count). The van der Waals surface area contributed by atoms with Gasteiger partial charge in [-0.3, -0.25) is 4.90 Å². The highest BCUT2D eigenvalue weighted by molar-refractivity contribution is 5.78. The van der Waals surface area contributed by atoms with Crippen molar-refractivity contribution in [1.29, 1.82) is 0 Å². The number of urea groups is 1. The van der Waals surface area contributed by atoms with Crippen LogP contribution >= 0.6 is 0 Å². The number of nitrogens with zero attached hydrogens (tertiary/aromatic N) is 3. The highest BCUT2D eigenvalue weighted by atomic mass is 16.5. The van der Waals surface area contributed by atoms with Crippen molar-refractivity contribution in [2.75, 3.05) is 46.9 Å². The first-order valence-corrected chi connectivity index (χ1v) is 12.5. The van der Waals surface area contributed by atoms with Gasteiger partial charge in [-0.1, -0.05) is 30.3 Å². The fourth-order valence-corrected chi connectivity index (χ4v) is 6.45. The van der Waals surface area contributed by atoms with Crippen molar-refractivity contribution >= 4 is 6.03 Å². The van der Waals surface area contributed by atoms with Gasteiger partial charge in [0, 0.05) is 18.6 Å². The average molecular weight is 458 g/mol. The highest BCUT2D eigenvalue weighted by Crippen LogP contribution is 2.50. The second-order valence-corrected chi connectivity index (χ2v) is 11.4. The first kappa shape index (κ1) is 23.1. The zero-order chi connectivity index (χ0) is 23.3. The molecule has 2 aliphatic carbocycles. The summed E-state index contributed by atoms with van der Waals surface area (Å²) in [6.45, 7) is 2.35. The summed E-state index contributed by atoms with van der Waals surface area (Å²) >= 11 is 0. The van der Waals surface area contributed by atoms with Crippen LogP contribution in [0.15, 0.2) is 30.3 Å². The largest absolute Gasteiger partial charge is 0.388 e. The summed E-state index contributed by atoms with van der Waals surface area (Å²) in [4.78, 5) is 19.9. The zero-order valence-corrected chi connectivity index (χ0v) is 20.1. The van der Waals surface area contributed by atoms with Crippen LogP contribution in [0.25, 0.3) is 0 Å². The van der Waals surface area contributed by atoms with Crippen molar-refractivity contribution in [3.8, 4) is 0 Å². The number of aliphatic hydroxyl groups is 2. The molecular weight excluding hydrogens is 418 g/mol. The Morgan fingerprint density at radius 3 is 2.15 bits per heavy atom. The van der Waals surface area contributed by atoms with Crippen LogP contribution in [0.1, 0.15) is 56.9 Å². The van der Waals surface area contributed by atoms with Crippen LogP contribution in [0.2, 0.25) is 0 Å². The van der Waals surface area contributed by atoms with Gasteiger partial charge in [-0.15, -0.1) is 0 Å². The summed E-state index contributed by atoms with van der Waals surface area (Å²) in [6.07, 6.45) is 6.87. The van der Waals surface area contributed by atoms with Gasteiger partial charge in [-0.05, 0) is 71.0 Å². The van der Waals surface area contributed by atoms with Crippen LogP contribution in [-0.2, 0) is 10.3 Å². The van der Waals surface area contributed by atoms with E-state index in [0.717, 1.165) is 44.9 Å². The number of carbonyl (C=O) groups is 1. The van der Waals surface area contributed by atoms with Crippen LogP contribution in [0.4, 0.5) is 4.79 Å². The molecule has 2 amide bonds. The smallest absolute Gasteiger partial charge is 0.320 e. The van der Waals surface area contributed by atoms with Crippen molar-refractivity contribution in [2.45, 2.75) is 73.6 Å². The number of rotatable bonds is 7. The zero-order valence-electron chi connectivity index (χ0n) is 20.1. The molecule has 2 heterocycles. The lowest BCUT2D eigenvalue weighted by Gasteiger charge is -2.52.